The third kappa shape index (κ3) is 3.38. The highest BCUT2D eigenvalue weighted by atomic mass is 16.5. The Kier molecular flexibility index (Phi) is 5.04. The summed E-state index contributed by atoms with van der Waals surface area (Å²) >= 11 is 0. The molecule has 0 unspecified atom stereocenters. The molecule has 0 aliphatic carbocycles. The highest BCUT2D eigenvalue weighted by molar-refractivity contribution is 5.77. The molecule has 2 saturated heterocycles. The van der Waals surface area contributed by atoms with E-state index in [2.05, 4.69) is 21.8 Å². The number of methoxy groups -OCH3 is 1. The number of carbonyl (C=O) groups excluding carboxylic acids is 1. The third-order valence-electron chi connectivity index (χ3n) is 5.75. The average Bonchev–Trinajstić information content (AvgIpc) is 2.59. The van der Waals surface area contributed by atoms with E-state index >= 15 is 0 Å². The van der Waals surface area contributed by atoms with Gasteiger partial charge in [0, 0.05) is 51.0 Å². The maximum atomic E-state index is 12.1. The molecule has 6 heteroatoms. The SMILES string of the molecule is COCCN1CC2(CCC1=O)CCN(c1ncnc(C)c1C)CC2. The molecule has 0 atom stereocenters. The van der Waals surface area contributed by atoms with Gasteiger partial charge in [-0.2, -0.15) is 0 Å². The Morgan fingerprint density at radius 2 is 1.96 bits per heavy atom. The van der Waals surface area contributed by atoms with Crippen LogP contribution in [0, 0.1) is 19.3 Å². The molecule has 3 heterocycles. The zero-order valence-corrected chi connectivity index (χ0v) is 15.0. The van der Waals surface area contributed by atoms with Crippen molar-refractivity contribution in [3.63, 3.8) is 0 Å². The normalized spacial score (nSPS) is 20.7. The highest BCUT2D eigenvalue weighted by Crippen LogP contribution is 2.41. The van der Waals surface area contributed by atoms with E-state index in [1.807, 2.05) is 11.8 Å². The van der Waals surface area contributed by atoms with Crippen molar-refractivity contribution < 1.29 is 9.53 Å². The molecule has 1 spiro atoms. The van der Waals surface area contributed by atoms with E-state index < -0.39 is 0 Å². The summed E-state index contributed by atoms with van der Waals surface area (Å²) < 4.78 is 5.15. The summed E-state index contributed by atoms with van der Waals surface area (Å²) in [5, 5.41) is 0. The maximum Gasteiger partial charge on any atom is 0.222 e. The number of piperidine rings is 2. The van der Waals surface area contributed by atoms with Gasteiger partial charge in [-0.1, -0.05) is 0 Å². The first kappa shape index (κ1) is 17.1. The van der Waals surface area contributed by atoms with Crippen LogP contribution in [0.1, 0.15) is 36.9 Å². The summed E-state index contributed by atoms with van der Waals surface area (Å²) in [5.41, 5.74) is 2.50. The van der Waals surface area contributed by atoms with Gasteiger partial charge in [0.25, 0.3) is 0 Å². The lowest BCUT2D eigenvalue weighted by molar-refractivity contribution is -0.139. The molecule has 0 aromatic carbocycles. The van der Waals surface area contributed by atoms with Crippen LogP contribution in [-0.4, -0.2) is 60.7 Å². The molecule has 0 saturated carbocycles. The maximum absolute atomic E-state index is 12.1. The largest absolute Gasteiger partial charge is 0.383 e. The molecular formula is C18H28N4O2. The number of ether oxygens (including phenoxy) is 1. The molecule has 6 nitrogen and oxygen atoms in total. The monoisotopic (exact) mass is 332 g/mol. The molecule has 1 aromatic rings. The van der Waals surface area contributed by atoms with E-state index in [0.29, 0.717) is 19.6 Å². The van der Waals surface area contributed by atoms with Crippen molar-refractivity contribution in [3.8, 4) is 0 Å². The first-order valence-corrected chi connectivity index (χ1v) is 8.84. The van der Waals surface area contributed by atoms with Gasteiger partial charge < -0.3 is 14.5 Å². The molecule has 2 fully saturated rings. The van der Waals surface area contributed by atoms with Gasteiger partial charge in [-0.25, -0.2) is 9.97 Å². The zero-order valence-electron chi connectivity index (χ0n) is 15.0. The topological polar surface area (TPSA) is 58.6 Å². The van der Waals surface area contributed by atoms with Crippen LogP contribution in [0.5, 0.6) is 0 Å². The standard InChI is InChI=1S/C18H28N4O2/c1-14-15(2)19-13-20-17(14)21-8-6-18(7-9-21)5-4-16(23)22(12-18)10-11-24-3/h13H,4-12H2,1-3H3. The lowest BCUT2D eigenvalue weighted by Gasteiger charge is -2.47. The summed E-state index contributed by atoms with van der Waals surface area (Å²) in [6, 6.07) is 0. The molecular weight excluding hydrogens is 304 g/mol. The Labute approximate surface area is 144 Å². The van der Waals surface area contributed by atoms with Crippen molar-refractivity contribution in [1.29, 1.82) is 0 Å². The molecule has 0 radical (unpaired) electrons. The predicted molar refractivity (Wildman–Crippen MR) is 93.1 cm³/mol. The molecule has 1 aromatic heterocycles. The van der Waals surface area contributed by atoms with Crippen LogP contribution >= 0.6 is 0 Å². The van der Waals surface area contributed by atoms with Gasteiger partial charge in [0.1, 0.15) is 12.1 Å². The summed E-state index contributed by atoms with van der Waals surface area (Å²) in [5.74, 6) is 1.35. The number of nitrogens with zero attached hydrogens (tertiary/aromatic N) is 4. The number of hydrogen-bond donors (Lipinski definition) is 0. The molecule has 2 aliphatic rings. The summed E-state index contributed by atoms with van der Waals surface area (Å²) in [4.78, 5) is 25.3. The van der Waals surface area contributed by atoms with E-state index in [1.54, 1.807) is 13.4 Å². The van der Waals surface area contributed by atoms with Gasteiger partial charge >= 0.3 is 0 Å². The minimum atomic E-state index is 0.272. The van der Waals surface area contributed by atoms with Crippen molar-refractivity contribution >= 4 is 11.7 Å². The molecule has 3 rings (SSSR count). The Bertz CT molecular complexity index is 597. The molecule has 0 N–H and O–H groups in total. The van der Waals surface area contributed by atoms with E-state index in [9.17, 15) is 4.79 Å². The van der Waals surface area contributed by atoms with Crippen molar-refractivity contribution in [2.45, 2.75) is 39.5 Å². The van der Waals surface area contributed by atoms with Crippen molar-refractivity contribution in [2.24, 2.45) is 5.41 Å². The van der Waals surface area contributed by atoms with Crippen LogP contribution in [0.25, 0.3) is 0 Å². The lowest BCUT2D eigenvalue weighted by Crippen LogP contribution is -2.52. The van der Waals surface area contributed by atoms with Gasteiger partial charge in [-0.3, -0.25) is 4.79 Å². The number of hydrogen-bond acceptors (Lipinski definition) is 5. The Morgan fingerprint density at radius 1 is 1.21 bits per heavy atom. The fourth-order valence-corrected chi connectivity index (χ4v) is 3.95. The van der Waals surface area contributed by atoms with Gasteiger partial charge in [0.05, 0.1) is 6.61 Å². The first-order valence-electron chi connectivity index (χ1n) is 8.84. The van der Waals surface area contributed by atoms with Crippen LogP contribution in [0.15, 0.2) is 6.33 Å². The van der Waals surface area contributed by atoms with Crippen molar-refractivity contribution in [2.75, 3.05) is 44.8 Å². The second-order valence-corrected chi connectivity index (χ2v) is 7.20. The number of amides is 1. The first-order chi connectivity index (χ1) is 11.5. The molecule has 2 aliphatic heterocycles. The Balaban J connectivity index is 1.65. The Morgan fingerprint density at radius 3 is 2.67 bits per heavy atom. The quantitative estimate of drug-likeness (QED) is 0.843. The van der Waals surface area contributed by atoms with Crippen LogP contribution in [0.3, 0.4) is 0 Å². The molecule has 24 heavy (non-hydrogen) atoms. The van der Waals surface area contributed by atoms with Gasteiger partial charge in [0.15, 0.2) is 0 Å². The van der Waals surface area contributed by atoms with Gasteiger partial charge in [-0.05, 0) is 38.5 Å². The minimum Gasteiger partial charge on any atom is -0.383 e. The number of aryl methyl sites for hydroxylation is 1. The van der Waals surface area contributed by atoms with E-state index in [0.717, 1.165) is 50.4 Å². The fourth-order valence-electron chi connectivity index (χ4n) is 3.95. The lowest BCUT2D eigenvalue weighted by atomic mass is 9.72. The van der Waals surface area contributed by atoms with Crippen LogP contribution in [0.2, 0.25) is 0 Å². The van der Waals surface area contributed by atoms with E-state index in [4.69, 9.17) is 4.74 Å². The summed E-state index contributed by atoms with van der Waals surface area (Å²) in [6.07, 6.45) is 5.59. The summed E-state index contributed by atoms with van der Waals surface area (Å²) in [6.45, 7) is 8.35. The minimum absolute atomic E-state index is 0.272. The second-order valence-electron chi connectivity index (χ2n) is 7.20. The number of anilines is 1. The van der Waals surface area contributed by atoms with Crippen LogP contribution in [-0.2, 0) is 9.53 Å². The third-order valence-corrected chi connectivity index (χ3v) is 5.75. The Hall–Kier alpha value is -1.69. The van der Waals surface area contributed by atoms with E-state index in [1.165, 1.54) is 5.56 Å². The number of likely N-dealkylation sites (tertiary alicyclic amines) is 1. The smallest absolute Gasteiger partial charge is 0.222 e. The van der Waals surface area contributed by atoms with Gasteiger partial charge in [-0.15, -0.1) is 0 Å². The van der Waals surface area contributed by atoms with Crippen LogP contribution < -0.4 is 4.90 Å². The highest BCUT2D eigenvalue weighted by Gasteiger charge is 2.41. The number of aromatic nitrogens is 2. The predicted octanol–water partition coefficient (Wildman–Crippen LogP) is 1.95. The molecule has 0 bridgehead atoms. The van der Waals surface area contributed by atoms with Crippen molar-refractivity contribution in [3.05, 3.63) is 17.6 Å². The number of rotatable bonds is 4. The average molecular weight is 332 g/mol. The van der Waals surface area contributed by atoms with Gasteiger partial charge in [0.2, 0.25) is 5.91 Å². The van der Waals surface area contributed by atoms with Crippen molar-refractivity contribution in [1.82, 2.24) is 14.9 Å². The molecule has 132 valence electrons. The van der Waals surface area contributed by atoms with E-state index in [-0.39, 0.29) is 11.3 Å². The fraction of sp³-hybridized carbons (Fsp3) is 0.722. The zero-order chi connectivity index (χ0) is 17.2. The molecule has 1 amide bonds. The number of carbonyl (C=O) groups is 1. The summed E-state index contributed by atoms with van der Waals surface area (Å²) in [7, 11) is 1.69. The van der Waals surface area contributed by atoms with Crippen LogP contribution in [0.4, 0.5) is 5.82 Å². The second kappa shape index (κ2) is 7.05.